The number of aryl methyl sites for hydroxylation is 1. The monoisotopic (exact) mass is 540 g/mol. The van der Waals surface area contributed by atoms with Gasteiger partial charge in [-0.15, -0.1) is 0 Å². The van der Waals surface area contributed by atoms with Gasteiger partial charge in [-0.25, -0.2) is 9.50 Å². The molecule has 206 valence electrons. The van der Waals surface area contributed by atoms with Gasteiger partial charge in [-0.2, -0.15) is 5.10 Å². The number of anilines is 1. The molecule has 2 unspecified atom stereocenters. The minimum Gasteiger partial charge on any atom is -0.507 e. The summed E-state index contributed by atoms with van der Waals surface area (Å²) < 4.78 is 7.47. The fraction of sp³-hybridized carbons (Fsp3) is 0.333. The van der Waals surface area contributed by atoms with E-state index in [0.717, 1.165) is 53.8 Å². The average molecular weight is 541 g/mol. The van der Waals surface area contributed by atoms with Gasteiger partial charge in [0.15, 0.2) is 0 Å². The number of ether oxygens (including phenoxy) is 1. The molecular weight excluding hydrogens is 508 g/mol. The lowest BCUT2D eigenvalue weighted by atomic mass is 9.93. The first kappa shape index (κ1) is 26.0. The van der Waals surface area contributed by atoms with Crippen molar-refractivity contribution in [3.63, 3.8) is 0 Å². The van der Waals surface area contributed by atoms with Crippen molar-refractivity contribution < 1.29 is 19.4 Å². The van der Waals surface area contributed by atoms with Crippen molar-refractivity contribution in [3.05, 3.63) is 89.0 Å². The van der Waals surface area contributed by atoms with E-state index in [-0.39, 0.29) is 29.2 Å². The third-order valence-electron chi connectivity index (χ3n) is 7.89. The largest absolute Gasteiger partial charge is 0.507 e. The van der Waals surface area contributed by atoms with E-state index < -0.39 is 5.92 Å². The van der Waals surface area contributed by atoms with Crippen molar-refractivity contribution in [2.24, 2.45) is 0 Å². The normalized spacial score (nSPS) is 17.9. The number of carbonyl (C=O) groups excluding carboxylic acids is 2. The lowest BCUT2D eigenvalue weighted by Gasteiger charge is -2.34. The van der Waals surface area contributed by atoms with Gasteiger partial charge in [-0.05, 0) is 54.7 Å². The standard InChI is InChI=1S/C30H32N6O4/c1-19-22(17-36-28(19)27(32-18-33-36)26-20-7-2-4-9-23(20)34-30(26)39)24(35-13-15-40-16-14-35)10-6-12-31-29(38)21-8-3-5-11-25(21)37/h2-5,7-9,11,17-18,24,26,37H,6,10,12-16H2,1H3,(H,31,38)(H,34,39). The Bertz CT molecular complexity index is 1560. The molecule has 3 N–H and O–H groups in total. The minimum atomic E-state index is -0.505. The summed E-state index contributed by atoms with van der Waals surface area (Å²) in [6.07, 6.45) is 5.10. The van der Waals surface area contributed by atoms with Crippen molar-refractivity contribution in [2.45, 2.75) is 31.7 Å². The van der Waals surface area contributed by atoms with E-state index in [4.69, 9.17) is 4.74 Å². The third kappa shape index (κ3) is 4.80. The topological polar surface area (TPSA) is 121 Å². The van der Waals surface area contributed by atoms with Crippen LogP contribution in [0, 0.1) is 6.92 Å². The Morgan fingerprint density at radius 1 is 1.18 bits per heavy atom. The molecule has 2 aliphatic heterocycles. The van der Waals surface area contributed by atoms with Crippen LogP contribution in [0.5, 0.6) is 5.75 Å². The Kier molecular flexibility index (Phi) is 7.19. The van der Waals surface area contributed by atoms with Gasteiger partial charge < -0.3 is 20.5 Å². The summed E-state index contributed by atoms with van der Waals surface area (Å²) in [5.41, 5.74) is 5.71. The highest BCUT2D eigenvalue weighted by Crippen LogP contribution is 2.40. The zero-order valence-corrected chi connectivity index (χ0v) is 22.3. The van der Waals surface area contributed by atoms with Crippen LogP contribution in [-0.4, -0.2) is 69.3 Å². The molecule has 6 rings (SSSR count). The Morgan fingerprint density at radius 2 is 1.95 bits per heavy atom. The second-order valence-corrected chi connectivity index (χ2v) is 10.2. The number of phenols is 1. The van der Waals surface area contributed by atoms with Crippen LogP contribution in [0.25, 0.3) is 5.52 Å². The van der Waals surface area contributed by atoms with Gasteiger partial charge in [0.1, 0.15) is 18.0 Å². The number of amides is 2. The van der Waals surface area contributed by atoms with E-state index in [9.17, 15) is 14.7 Å². The van der Waals surface area contributed by atoms with Gasteiger partial charge in [-0.1, -0.05) is 30.3 Å². The summed E-state index contributed by atoms with van der Waals surface area (Å²) >= 11 is 0. The van der Waals surface area contributed by atoms with Crippen LogP contribution in [0.3, 0.4) is 0 Å². The summed E-state index contributed by atoms with van der Waals surface area (Å²) in [7, 11) is 0. The molecule has 0 aliphatic carbocycles. The van der Waals surface area contributed by atoms with Gasteiger partial charge in [0, 0.05) is 37.6 Å². The van der Waals surface area contributed by atoms with Crippen LogP contribution < -0.4 is 10.6 Å². The van der Waals surface area contributed by atoms with Crippen LogP contribution in [0.15, 0.2) is 61.1 Å². The molecule has 0 saturated carbocycles. The zero-order valence-electron chi connectivity index (χ0n) is 22.3. The van der Waals surface area contributed by atoms with Crippen molar-refractivity contribution in [2.75, 3.05) is 38.2 Å². The summed E-state index contributed by atoms with van der Waals surface area (Å²) in [4.78, 5) is 32.7. The number of aromatic nitrogens is 3. The molecule has 0 spiro atoms. The number of carbonyl (C=O) groups is 2. The molecule has 40 heavy (non-hydrogen) atoms. The van der Waals surface area contributed by atoms with Gasteiger partial charge >= 0.3 is 0 Å². The molecule has 1 saturated heterocycles. The molecule has 0 bridgehead atoms. The SMILES string of the molecule is Cc1c(C(CCCNC(=O)c2ccccc2O)N2CCOCC2)cn2ncnc(C3C(=O)Nc4ccccc43)c12. The van der Waals surface area contributed by atoms with Crippen molar-refractivity contribution in [1.82, 2.24) is 24.8 Å². The number of benzene rings is 2. The number of hydrogen-bond donors (Lipinski definition) is 3. The molecule has 2 amide bonds. The number of phenolic OH excluding ortho intramolecular Hbond substituents is 1. The van der Waals surface area contributed by atoms with Crippen LogP contribution >= 0.6 is 0 Å². The summed E-state index contributed by atoms with van der Waals surface area (Å²) in [6.45, 7) is 5.48. The van der Waals surface area contributed by atoms with E-state index in [1.165, 1.54) is 12.4 Å². The molecule has 2 atom stereocenters. The number of rotatable bonds is 8. The maximum Gasteiger partial charge on any atom is 0.255 e. The van der Waals surface area contributed by atoms with E-state index in [1.807, 2.05) is 28.8 Å². The van der Waals surface area contributed by atoms with E-state index in [1.54, 1.807) is 18.2 Å². The Morgan fingerprint density at radius 3 is 2.77 bits per heavy atom. The second-order valence-electron chi connectivity index (χ2n) is 10.2. The lowest BCUT2D eigenvalue weighted by molar-refractivity contribution is -0.116. The number of morpholine rings is 1. The van der Waals surface area contributed by atoms with E-state index in [0.29, 0.717) is 25.5 Å². The number of fused-ring (bicyclic) bond motifs is 2. The molecule has 4 aromatic rings. The van der Waals surface area contributed by atoms with Gasteiger partial charge in [0.2, 0.25) is 5.91 Å². The number of para-hydroxylation sites is 2. The predicted octanol–water partition coefficient (Wildman–Crippen LogP) is 3.41. The van der Waals surface area contributed by atoms with Gasteiger partial charge in [0.25, 0.3) is 5.91 Å². The highest BCUT2D eigenvalue weighted by Gasteiger charge is 2.36. The highest BCUT2D eigenvalue weighted by atomic mass is 16.5. The molecule has 10 nitrogen and oxygen atoms in total. The van der Waals surface area contributed by atoms with Crippen molar-refractivity contribution in [1.29, 1.82) is 0 Å². The summed E-state index contributed by atoms with van der Waals surface area (Å²) in [6, 6.07) is 14.3. The van der Waals surface area contributed by atoms with Crippen molar-refractivity contribution >= 4 is 23.0 Å². The van der Waals surface area contributed by atoms with Crippen molar-refractivity contribution in [3.8, 4) is 5.75 Å². The van der Waals surface area contributed by atoms with E-state index >= 15 is 0 Å². The third-order valence-corrected chi connectivity index (χ3v) is 7.89. The molecule has 4 heterocycles. The quantitative estimate of drug-likeness (QED) is 0.293. The van der Waals surface area contributed by atoms with Crippen LogP contribution in [0.2, 0.25) is 0 Å². The Balaban J connectivity index is 1.28. The second kappa shape index (κ2) is 11.1. The molecule has 2 aromatic heterocycles. The maximum atomic E-state index is 13.1. The van der Waals surface area contributed by atoms with Crippen LogP contribution in [-0.2, 0) is 9.53 Å². The number of hydrogen-bond acceptors (Lipinski definition) is 7. The molecule has 0 radical (unpaired) electrons. The van der Waals surface area contributed by atoms with Gasteiger partial charge in [0.05, 0.1) is 30.0 Å². The average Bonchev–Trinajstić information content (AvgIpc) is 3.49. The molecule has 2 aromatic carbocycles. The fourth-order valence-corrected chi connectivity index (χ4v) is 5.92. The first-order chi connectivity index (χ1) is 19.5. The number of nitrogens with zero attached hydrogens (tertiary/aromatic N) is 4. The first-order valence-electron chi connectivity index (χ1n) is 13.6. The smallest absolute Gasteiger partial charge is 0.255 e. The van der Waals surface area contributed by atoms with Crippen LogP contribution in [0.4, 0.5) is 5.69 Å². The molecule has 2 aliphatic rings. The fourth-order valence-electron chi connectivity index (χ4n) is 5.92. The summed E-state index contributed by atoms with van der Waals surface area (Å²) in [5.74, 6) is -0.914. The predicted molar refractivity (Wildman–Crippen MR) is 149 cm³/mol. The molecular formula is C30H32N6O4. The molecule has 1 fully saturated rings. The van der Waals surface area contributed by atoms with Gasteiger partial charge in [-0.3, -0.25) is 14.5 Å². The minimum absolute atomic E-state index is 0.0298. The van der Waals surface area contributed by atoms with E-state index in [2.05, 4.69) is 38.7 Å². The lowest BCUT2D eigenvalue weighted by Crippen LogP contribution is -2.39. The Hall–Kier alpha value is -4.28. The summed E-state index contributed by atoms with van der Waals surface area (Å²) in [5, 5.41) is 20.4. The number of aromatic hydroxyl groups is 1. The highest BCUT2D eigenvalue weighted by molar-refractivity contribution is 6.05. The number of nitrogens with one attached hydrogen (secondary N) is 2. The molecule has 10 heteroatoms. The maximum absolute atomic E-state index is 13.1. The first-order valence-corrected chi connectivity index (χ1v) is 13.6. The van der Waals surface area contributed by atoms with Crippen LogP contribution in [0.1, 0.15) is 57.5 Å². The Labute approximate surface area is 232 Å². The zero-order chi connectivity index (χ0) is 27.6.